The van der Waals surface area contributed by atoms with Crippen molar-refractivity contribution in [2.24, 2.45) is 11.1 Å². The lowest BCUT2D eigenvalue weighted by atomic mass is 9.87. The van der Waals surface area contributed by atoms with Crippen molar-refractivity contribution in [1.82, 2.24) is 0 Å². The van der Waals surface area contributed by atoms with Gasteiger partial charge in [-0.2, -0.15) is 0 Å². The second kappa shape index (κ2) is 2.95. The zero-order valence-electron chi connectivity index (χ0n) is 8.19. The highest BCUT2D eigenvalue weighted by Crippen LogP contribution is 2.44. The molecule has 0 bridgehead atoms. The third kappa shape index (κ3) is 0.987. The lowest BCUT2D eigenvalue weighted by Crippen LogP contribution is -2.45. The van der Waals surface area contributed by atoms with E-state index in [2.05, 4.69) is 9.89 Å². The molecule has 3 atom stereocenters. The molecule has 1 N–H and O–H groups in total. The van der Waals surface area contributed by atoms with Crippen LogP contribution in [0.4, 0.5) is 0 Å². The molecule has 1 heterocycles. The summed E-state index contributed by atoms with van der Waals surface area (Å²) in [6, 6.07) is 0. The van der Waals surface area contributed by atoms with Crippen LogP contribution in [0.15, 0.2) is 5.16 Å². The van der Waals surface area contributed by atoms with Crippen LogP contribution in [0.1, 0.15) is 19.8 Å². The highest BCUT2D eigenvalue weighted by Gasteiger charge is 2.61. The van der Waals surface area contributed by atoms with Crippen LogP contribution in [0, 0.1) is 5.92 Å². The maximum Gasteiger partial charge on any atom is 0.353 e. The number of carbonyl (C=O) groups is 1. The zero-order chi connectivity index (χ0) is 10.3. The van der Waals surface area contributed by atoms with E-state index < -0.39 is 17.7 Å². The molecule has 0 aromatic rings. The largest absolute Gasteiger partial charge is 0.466 e. The summed E-state index contributed by atoms with van der Waals surface area (Å²) < 4.78 is 4.69. The van der Waals surface area contributed by atoms with Crippen molar-refractivity contribution in [2.45, 2.75) is 31.5 Å². The Morgan fingerprint density at radius 2 is 2.50 bits per heavy atom. The van der Waals surface area contributed by atoms with Crippen LogP contribution in [0.3, 0.4) is 0 Å². The van der Waals surface area contributed by atoms with Crippen molar-refractivity contribution >= 4 is 11.7 Å². The van der Waals surface area contributed by atoms with E-state index in [-0.39, 0.29) is 5.92 Å². The molecule has 0 aromatic heterocycles. The molecule has 1 saturated carbocycles. The van der Waals surface area contributed by atoms with Gasteiger partial charge >= 0.3 is 5.97 Å². The minimum atomic E-state index is -1.06. The number of carbonyl (C=O) groups excluding carboxylic acids is 1. The molecule has 2 rings (SSSR count). The van der Waals surface area contributed by atoms with Crippen LogP contribution in [-0.4, -0.2) is 35.6 Å². The average molecular weight is 199 g/mol. The molecule has 5 heteroatoms. The predicted molar refractivity (Wildman–Crippen MR) is 47.7 cm³/mol. The minimum absolute atomic E-state index is 0.338. The van der Waals surface area contributed by atoms with Crippen molar-refractivity contribution in [2.75, 3.05) is 7.11 Å². The second-order valence-electron chi connectivity index (χ2n) is 3.79. The van der Waals surface area contributed by atoms with Gasteiger partial charge in [-0.1, -0.05) is 5.16 Å². The van der Waals surface area contributed by atoms with Crippen LogP contribution in [0.5, 0.6) is 0 Å². The van der Waals surface area contributed by atoms with E-state index in [0.717, 1.165) is 0 Å². The molecule has 1 aliphatic heterocycles. The van der Waals surface area contributed by atoms with E-state index in [1.165, 1.54) is 7.11 Å². The molecule has 78 valence electrons. The number of fused-ring (bicyclic) bond motifs is 1. The standard InChI is InChI=1S/C9H13NO4/c1-5-7-6(11)3-4-9(7,14-10-5)8(12)13-2/h6-7,11H,3-4H2,1-2H3. The molecule has 0 spiro atoms. The number of nitrogens with zero attached hydrogens (tertiary/aromatic N) is 1. The number of rotatable bonds is 1. The number of hydrogen-bond donors (Lipinski definition) is 1. The van der Waals surface area contributed by atoms with Gasteiger partial charge in [-0.25, -0.2) is 4.79 Å². The van der Waals surface area contributed by atoms with E-state index in [9.17, 15) is 9.90 Å². The first kappa shape index (κ1) is 9.45. The fourth-order valence-electron chi connectivity index (χ4n) is 2.36. The summed E-state index contributed by atoms with van der Waals surface area (Å²) in [5.74, 6) is -0.783. The normalized spacial score (nSPS) is 40.1. The Morgan fingerprint density at radius 1 is 1.79 bits per heavy atom. The number of aliphatic hydroxyl groups is 1. The molecular weight excluding hydrogens is 186 g/mol. The number of methoxy groups -OCH3 is 1. The van der Waals surface area contributed by atoms with Crippen LogP contribution in [0.2, 0.25) is 0 Å². The molecular formula is C9H13NO4. The monoisotopic (exact) mass is 199 g/mol. The third-order valence-corrected chi connectivity index (χ3v) is 3.03. The smallest absolute Gasteiger partial charge is 0.353 e. The van der Waals surface area contributed by atoms with Crippen LogP contribution < -0.4 is 0 Å². The van der Waals surface area contributed by atoms with Gasteiger partial charge in [0.25, 0.3) is 0 Å². The Kier molecular flexibility index (Phi) is 1.99. The van der Waals surface area contributed by atoms with Crippen LogP contribution in [-0.2, 0) is 14.4 Å². The van der Waals surface area contributed by atoms with E-state index in [1.807, 2.05) is 0 Å². The summed E-state index contributed by atoms with van der Waals surface area (Å²) in [5.41, 5.74) is -0.390. The quantitative estimate of drug-likeness (QED) is 0.607. The summed E-state index contributed by atoms with van der Waals surface area (Å²) in [7, 11) is 1.32. The zero-order valence-corrected chi connectivity index (χ0v) is 8.19. The van der Waals surface area contributed by atoms with Gasteiger partial charge < -0.3 is 14.7 Å². The van der Waals surface area contributed by atoms with Gasteiger partial charge in [0.15, 0.2) is 0 Å². The van der Waals surface area contributed by atoms with Gasteiger partial charge in [0.05, 0.1) is 24.8 Å². The average Bonchev–Trinajstić information content (AvgIpc) is 2.68. The first-order chi connectivity index (χ1) is 6.62. The molecule has 1 fully saturated rings. The Morgan fingerprint density at radius 3 is 3.14 bits per heavy atom. The van der Waals surface area contributed by atoms with Crippen molar-refractivity contribution in [3.8, 4) is 0 Å². The SMILES string of the molecule is COC(=O)C12CCC(O)C1C(C)=NO2. The highest BCUT2D eigenvalue weighted by molar-refractivity contribution is 5.95. The Bertz CT molecular complexity index is 301. The number of aliphatic hydroxyl groups excluding tert-OH is 1. The summed E-state index contributed by atoms with van der Waals surface area (Å²) >= 11 is 0. The molecule has 3 unspecified atom stereocenters. The Labute approximate surface area is 81.7 Å². The fraction of sp³-hybridized carbons (Fsp3) is 0.778. The van der Waals surface area contributed by atoms with E-state index >= 15 is 0 Å². The van der Waals surface area contributed by atoms with Gasteiger partial charge in [0, 0.05) is 6.42 Å². The van der Waals surface area contributed by atoms with Crippen LogP contribution >= 0.6 is 0 Å². The van der Waals surface area contributed by atoms with Crippen molar-refractivity contribution < 1.29 is 19.5 Å². The van der Waals surface area contributed by atoms with Gasteiger partial charge in [0.1, 0.15) is 0 Å². The molecule has 0 amide bonds. The summed E-state index contributed by atoms with van der Waals surface area (Å²) in [4.78, 5) is 16.7. The summed E-state index contributed by atoms with van der Waals surface area (Å²) in [5, 5.41) is 13.5. The first-order valence-corrected chi connectivity index (χ1v) is 4.61. The highest BCUT2D eigenvalue weighted by atomic mass is 16.7. The predicted octanol–water partition coefficient (Wildman–Crippen LogP) is 0.0752. The molecule has 1 aliphatic carbocycles. The number of oxime groups is 1. The van der Waals surface area contributed by atoms with Crippen molar-refractivity contribution in [1.29, 1.82) is 0 Å². The summed E-state index contributed by atoms with van der Waals surface area (Å²) in [6.45, 7) is 1.75. The van der Waals surface area contributed by atoms with E-state index in [1.54, 1.807) is 6.92 Å². The number of hydrogen-bond acceptors (Lipinski definition) is 5. The molecule has 0 radical (unpaired) electrons. The van der Waals surface area contributed by atoms with Gasteiger partial charge in [0.2, 0.25) is 5.60 Å². The third-order valence-electron chi connectivity index (χ3n) is 3.03. The fourth-order valence-corrected chi connectivity index (χ4v) is 2.36. The van der Waals surface area contributed by atoms with Crippen molar-refractivity contribution in [3.63, 3.8) is 0 Å². The van der Waals surface area contributed by atoms with Gasteiger partial charge in [-0.3, -0.25) is 0 Å². The number of ether oxygens (including phenoxy) is 1. The second-order valence-corrected chi connectivity index (χ2v) is 3.79. The van der Waals surface area contributed by atoms with Crippen LogP contribution in [0.25, 0.3) is 0 Å². The Hall–Kier alpha value is -1.10. The van der Waals surface area contributed by atoms with Crippen molar-refractivity contribution in [3.05, 3.63) is 0 Å². The minimum Gasteiger partial charge on any atom is -0.466 e. The number of esters is 1. The molecule has 14 heavy (non-hydrogen) atoms. The van der Waals surface area contributed by atoms with E-state index in [0.29, 0.717) is 18.6 Å². The van der Waals surface area contributed by atoms with Gasteiger partial charge in [-0.05, 0) is 13.3 Å². The maximum atomic E-state index is 11.6. The first-order valence-electron chi connectivity index (χ1n) is 4.61. The lowest BCUT2D eigenvalue weighted by molar-refractivity contribution is -0.169. The Balaban J connectivity index is 2.33. The molecule has 5 nitrogen and oxygen atoms in total. The molecule has 2 aliphatic rings. The molecule has 0 aromatic carbocycles. The topological polar surface area (TPSA) is 68.1 Å². The van der Waals surface area contributed by atoms with Gasteiger partial charge in [-0.15, -0.1) is 0 Å². The lowest BCUT2D eigenvalue weighted by Gasteiger charge is -2.24. The maximum absolute atomic E-state index is 11.6. The van der Waals surface area contributed by atoms with E-state index in [4.69, 9.17) is 4.84 Å². The summed E-state index contributed by atoms with van der Waals surface area (Å²) in [6.07, 6.45) is 0.458. The molecule has 0 saturated heterocycles.